The van der Waals surface area contributed by atoms with Gasteiger partial charge in [0.2, 0.25) is 0 Å². The Bertz CT molecular complexity index is 778. The molecule has 1 unspecified atom stereocenters. The number of imidazole rings is 1. The first-order chi connectivity index (χ1) is 13.7. The molecule has 30 heavy (non-hydrogen) atoms. The van der Waals surface area contributed by atoms with Gasteiger partial charge in [-0.25, -0.2) is 9.98 Å². The largest absolute Gasteiger partial charge is 0.387 e. The Morgan fingerprint density at radius 3 is 2.40 bits per heavy atom. The summed E-state index contributed by atoms with van der Waals surface area (Å²) in [5.41, 5.74) is 2.26. The minimum absolute atomic E-state index is 0. The monoisotopic (exact) mass is 527 g/mol. The summed E-state index contributed by atoms with van der Waals surface area (Å²) in [5, 5.41) is 17.0. The Morgan fingerprint density at radius 2 is 1.83 bits per heavy atom. The van der Waals surface area contributed by atoms with Crippen LogP contribution in [0.25, 0.3) is 0 Å². The van der Waals surface area contributed by atoms with E-state index >= 15 is 0 Å². The standard InChI is InChI=1S/C23H37N5O.HI/c1-7-24-22(27-15-21-25-12-13-28(21)16-17(2)3)26-14-20(29)18-8-10-19(11-9-18)23(4,5)6;/h8-13,17,20,29H,7,14-16H2,1-6H3,(H2,24,26,27);1H. The maximum atomic E-state index is 10.6. The second-order valence-corrected chi connectivity index (χ2v) is 8.85. The fourth-order valence-corrected chi connectivity index (χ4v) is 3.06. The van der Waals surface area contributed by atoms with Crippen molar-refractivity contribution in [1.29, 1.82) is 0 Å². The van der Waals surface area contributed by atoms with Crippen LogP contribution in [0.15, 0.2) is 41.7 Å². The van der Waals surface area contributed by atoms with Crippen LogP contribution in [-0.4, -0.2) is 33.7 Å². The summed E-state index contributed by atoms with van der Waals surface area (Å²) in [6.07, 6.45) is 3.21. The molecular weight excluding hydrogens is 489 g/mol. The summed E-state index contributed by atoms with van der Waals surface area (Å²) in [4.78, 5) is 9.06. The third kappa shape index (κ3) is 8.26. The smallest absolute Gasteiger partial charge is 0.191 e. The van der Waals surface area contributed by atoms with Crippen LogP contribution in [0.1, 0.15) is 64.6 Å². The van der Waals surface area contributed by atoms with E-state index in [-0.39, 0.29) is 29.4 Å². The average molecular weight is 527 g/mol. The topological polar surface area (TPSA) is 74.5 Å². The molecular formula is C23H38IN5O. The summed E-state index contributed by atoms with van der Waals surface area (Å²) in [7, 11) is 0. The highest BCUT2D eigenvalue weighted by molar-refractivity contribution is 14.0. The fraction of sp³-hybridized carbons (Fsp3) is 0.565. The van der Waals surface area contributed by atoms with Crippen LogP contribution in [-0.2, 0) is 18.5 Å². The molecule has 168 valence electrons. The van der Waals surface area contributed by atoms with E-state index in [0.29, 0.717) is 25.0 Å². The molecule has 1 aromatic heterocycles. The number of aliphatic hydroxyl groups excluding tert-OH is 1. The van der Waals surface area contributed by atoms with Crippen LogP contribution in [0, 0.1) is 5.92 Å². The molecule has 0 saturated carbocycles. The molecule has 0 saturated heterocycles. The molecule has 6 nitrogen and oxygen atoms in total. The Labute approximate surface area is 198 Å². The molecule has 0 radical (unpaired) electrons. The molecule has 0 spiro atoms. The van der Waals surface area contributed by atoms with Gasteiger partial charge in [0.1, 0.15) is 12.4 Å². The van der Waals surface area contributed by atoms with Gasteiger partial charge in [-0.15, -0.1) is 24.0 Å². The van der Waals surface area contributed by atoms with Gasteiger partial charge >= 0.3 is 0 Å². The van der Waals surface area contributed by atoms with Crippen molar-refractivity contribution in [2.45, 2.75) is 66.2 Å². The van der Waals surface area contributed by atoms with Gasteiger partial charge < -0.3 is 20.3 Å². The van der Waals surface area contributed by atoms with E-state index in [4.69, 9.17) is 0 Å². The van der Waals surface area contributed by atoms with Crippen LogP contribution in [0.4, 0.5) is 0 Å². The predicted molar refractivity (Wildman–Crippen MR) is 135 cm³/mol. The molecule has 2 aromatic rings. The zero-order chi connectivity index (χ0) is 21.4. The van der Waals surface area contributed by atoms with E-state index in [1.54, 1.807) is 0 Å². The SMILES string of the molecule is CCNC(=NCc1nccn1CC(C)C)NCC(O)c1ccc(C(C)(C)C)cc1.I. The molecule has 0 amide bonds. The zero-order valence-corrected chi connectivity index (χ0v) is 21.5. The normalized spacial score (nSPS) is 13.1. The van der Waals surface area contributed by atoms with Crippen molar-refractivity contribution in [1.82, 2.24) is 20.2 Å². The van der Waals surface area contributed by atoms with E-state index in [1.807, 2.05) is 31.5 Å². The summed E-state index contributed by atoms with van der Waals surface area (Å²) in [5.74, 6) is 2.17. The summed E-state index contributed by atoms with van der Waals surface area (Å²) in [6.45, 7) is 15.5. The van der Waals surface area contributed by atoms with Gasteiger partial charge in [0, 0.05) is 32.0 Å². The van der Waals surface area contributed by atoms with Gasteiger partial charge in [0.25, 0.3) is 0 Å². The number of rotatable bonds is 8. The highest BCUT2D eigenvalue weighted by Gasteiger charge is 2.15. The lowest BCUT2D eigenvalue weighted by atomic mass is 9.86. The molecule has 0 aliphatic rings. The highest BCUT2D eigenvalue weighted by atomic mass is 127. The first-order valence-corrected chi connectivity index (χ1v) is 10.5. The minimum Gasteiger partial charge on any atom is -0.387 e. The van der Waals surface area contributed by atoms with Crippen LogP contribution < -0.4 is 10.6 Å². The molecule has 7 heteroatoms. The lowest BCUT2D eigenvalue weighted by Crippen LogP contribution is -2.39. The van der Waals surface area contributed by atoms with Gasteiger partial charge in [0.15, 0.2) is 5.96 Å². The van der Waals surface area contributed by atoms with Gasteiger partial charge in [-0.05, 0) is 29.4 Å². The predicted octanol–water partition coefficient (Wildman–Crippen LogP) is 4.24. The van der Waals surface area contributed by atoms with Crippen molar-refractivity contribution in [2.24, 2.45) is 10.9 Å². The lowest BCUT2D eigenvalue weighted by Gasteiger charge is -2.20. The summed E-state index contributed by atoms with van der Waals surface area (Å²) < 4.78 is 2.14. The number of nitrogens with zero attached hydrogens (tertiary/aromatic N) is 3. The number of benzene rings is 1. The maximum absolute atomic E-state index is 10.6. The molecule has 1 aromatic carbocycles. The molecule has 0 fully saturated rings. The molecule has 1 heterocycles. The minimum atomic E-state index is -0.601. The average Bonchev–Trinajstić information content (AvgIpc) is 3.09. The van der Waals surface area contributed by atoms with Gasteiger partial charge in [0.05, 0.1) is 6.10 Å². The number of hydrogen-bond acceptors (Lipinski definition) is 3. The van der Waals surface area contributed by atoms with Crippen molar-refractivity contribution in [3.05, 3.63) is 53.6 Å². The van der Waals surface area contributed by atoms with Crippen LogP contribution >= 0.6 is 24.0 Å². The number of aromatic nitrogens is 2. The second-order valence-electron chi connectivity index (χ2n) is 8.85. The quantitative estimate of drug-likeness (QED) is 0.273. The third-order valence-electron chi connectivity index (χ3n) is 4.71. The highest BCUT2D eigenvalue weighted by Crippen LogP contribution is 2.23. The van der Waals surface area contributed by atoms with Crippen LogP contribution in [0.3, 0.4) is 0 Å². The molecule has 2 rings (SSSR count). The van der Waals surface area contributed by atoms with E-state index < -0.39 is 6.10 Å². The molecule has 1 atom stereocenters. The summed E-state index contributed by atoms with van der Waals surface area (Å²) >= 11 is 0. The third-order valence-corrected chi connectivity index (χ3v) is 4.71. The number of aliphatic imine (C=N–C) groups is 1. The van der Waals surface area contributed by atoms with Gasteiger partial charge in [-0.1, -0.05) is 58.9 Å². The molecule has 0 aliphatic carbocycles. The van der Waals surface area contributed by atoms with Crippen molar-refractivity contribution in [3.63, 3.8) is 0 Å². The Hall–Kier alpha value is -1.61. The molecule has 0 aliphatic heterocycles. The van der Waals surface area contributed by atoms with E-state index in [2.05, 4.69) is 71.9 Å². The van der Waals surface area contributed by atoms with E-state index in [9.17, 15) is 5.11 Å². The number of hydrogen-bond donors (Lipinski definition) is 3. The Morgan fingerprint density at radius 1 is 1.17 bits per heavy atom. The Balaban J connectivity index is 0.00000450. The van der Waals surface area contributed by atoms with Crippen molar-refractivity contribution in [3.8, 4) is 0 Å². The number of aliphatic hydroxyl groups is 1. The zero-order valence-electron chi connectivity index (χ0n) is 19.1. The maximum Gasteiger partial charge on any atom is 0.191 e. The van der Waals surface area contributed by atoms with Crippen molar-refractivity contribution < 1.29 is 5.11 Å². The number of guanidine groups is 1. The number of nitrogens with one attached hydrogen (secondary N) is 2. The molecule has 0 bridgehead atoms. The van der Waals surface area contributed by atoms with E-state index in [0.717, 1.165) is 24.5 Å². The van der Waals surface area contributed by atoms with Gasteiger partial charge in [-0.3, -0.25) is 0 Å². The van der Waals surface area contributed by atoms with Crippen LogP contribution in [0.2, 0.25) is 0 Å². The molecule has 3 N–H and O–H groups in total. The van der Waals surface area contributed by atoms with Crippen LogP contribution in [0.5, 0.6) is 0 Å². The van der Waals surface area contributed by atoms with Crippen molar-refractivity contribution in [2.75, 3.05) is 13.1 Å². The lowest BCUT2D eigenvalue weighted by molar-refractivity contribution is 0.181. The van der Waals surface area contributed by atoms with E-state index in [1.165, 1.54) is 5.56 Å². The second kappa shape index (κ2) is 12.3. The fourth-order valence-electron chi connectivity index (χ4n) is 3.06. The van der Waals surface area contributed by atoms with Gasteiger partial charge in [-0.2, -0.15) is 0 Å². The van der Waals surface area contributed by atoms with Crippen molar-refractivity contribution >= 4 is 29.9 Å². The first-order valence-electron chi connectivity index (χ1n) is 10.5. The first kappa shape index (κ1) is 26.4. The summed E-state index contributed by atoms with van der Waals surface area (Å²) in [6, 6.07) is 8.18. The Kier molecular flexibility index (Phi) is 10.8. The number of halogens is 1.